The van der Waals surface area contributed by atoms with E-state index in [1.54, 1.807) is 19.2 Å². The van der Waals surface area contributed by atoms with Crippen LogP contribution in [0.4, 0.5) is 16.0 Å². The van der Waals surface area contributed by atoms with Crippen LogP contribution in [0.2, 0.25) is 0 Å². The monoisotopic (exact) mass is 552 g/mol. The van der Waals surface area contributed by atoms with Gasteiger partial charge in [-0.25, -0.2) is 14.4 Å². The van der Waals surface area contributed by atoms with Gasteiger partial charge in [-0.15, -0.1) is 0 Å². The van der Waals surface area contributed by atoms with Crippen molar-refractivity contribution in [2.75, 3.05) is 44.3 Å². The molecule has 0 spiro atoms. The first kappa shape index (κ1) is 26.1. The maximum Gasteiger partial charge on any atom is 0.236 e. The van der Waals surface area contributed by atoms with E-state index in [-0.39, 0.29) is 0 Å². The van der Waals surface area contributed by atoms with Crippen LogP contribution in [0.25, 0.3) is 34.1 Å². The largest absolute Gasteiger partial charge is 0.497 e. The van der Waals surface area contributed by atoms with Gasteiger partial charge in [0, 0.05) is 56.1 Å². The maximum atomic E-state index is 12.3. The van der Waals surface area contributed by atoms with Crippen LogP contribution >= 0.6 is 0 Å². The minimum atomic E-state index is -0.838. The molecule has 10 nitrogen and oxygen atoms in total. The number of hydrogen-bond acceptors (Lipinski definition) is 8. The zero-order valence-corrected chi connectivity index (χ0v) is 22.7. The predicted octanol–water partition coefficient (Wildman–Crippen LogP) is 5.36. The number of benzene rings is 2. The highest BCUT2D eigenvalue weighted by atomic mass is 19.1. The Morgan fingerprint density at radius 3 is 2.05 bits per heavy atom. The second-order valence-electron chi connectivity index (χ2n) is 9.37. The Labute approximate surface area is 236 Å². The Kier molecular flexibility index (Phi) is 7.31. The third-order valence-corrected chi connectivity index (χ3v) is 6.79. The van der Waals surface area contributed by atoms with Gasteiger partial charge in [0.25, 0.3) is 0 Å². The lowest BCUT2D eigenvalue weighted by Gasteiger charge is -2.31. The van der Waals surface area contributed by atoms with E-state index in [1.165, 1.54) is 6.42 Å². The van der Waals surface area contributed by atoms with E-state index in [9.17, 15) is 4.39 Å². The van der Waals surface area contributed by atoms with Crippen molar-refractivity contribution in [3.63, 3.8) is 0 Å². The van der Waals surface area contributed by atoms with Gasteiger partial charge in [0.05, 0.1) is 18.5 Å². The number of methoxy groups -OCH3 is 1. The fraction of sp³-hybridized carbons (Fsp3) is 0.200. The van der Waals surface area contributed by atoms with E-state index in [1.807, 2.05) is 89.2 Å². The molecule has 0 radical (unpaired) electrons. The second kappa shape index (κ2) is 11.5. The third-order valence-electron chi connectivity index (χ3n) is 6.79. The van der Waals surface area contributed by atoms with Crippen molar-refractivity contribution in [3.05, 3.63) is 85.5 Å². The fourth-order valence-electron chi connectivity index (χ4n) is 4.46. The summed E-state index contributed by atoms with van der Waals surface area (Å²) in [7, 11) is 3.49. The number of imidazole rings is 2. The Bertz CT molecular complexity index is 1800. The molecule has 1 aliphatic rings. The molecular formula is C30H29FN8O2. The van der Waals surface area contributed by atoms with Crippen molar-refractivity contribution < 1.29 is 13.9 Å². The van der Waals surface area contributed by atoms with Gasteiger partial charge in [0.1, 0.15) is 23.1 Å². The minimum absolute atomic E-state index is 0.492. The average molecular weight is 553 g/mol. The zero-order valence-electron chi connectivity index (χ0n) is 22.7. The highest BCUT2D eigenvalue weighted by Gasteiger charge is 2.16. The lowest BCUT2D eigenvalue weighted by molar-refractivity contribution is 0.192. The number of ether oxygens (including phenoxy) is 2. The summed E-state index contributed by atoms with van der Waals surface area (Å²) in [4.78, 5) is 20.3. The van der Waals surface area contributed by atoms with Crippen LogP contribution < -0.4 is 19.7 Å². The molecule has 1 saturated heterocycles. The van der Waals surface area contributed by atoms with Crippen LogP contribution in [0.5, 0.6) is 11.5 Å². The number of hydrogen-bond donors (Lipinski definition) is 1. The molecule has 1 N–H and O–H groups in total. The van der Waals surface area contributed by atoms with Crippen molar-refractivity contribution in [2.24, 2.45) is 0 Å². The first-order valence-corrected chi connectivity index (χ1v) is 13.2. The standard InChI is InChI=1S/C16H15FN4O.C14H14N4O/c17-11-22-13-4-1-3-12(9-13)14-10-21-8-5-15(19-16(21)18-14)20-6-2-7-20;1-15-13-6-7-18-9-12(16-14(18)17-13)10-4-3-5-11(8-10)19-2/h1,3-5,8-10H,2,6-7,11H2;3-9H,1-2H3,(H,15,16,17). The van der Waals surface area contributed by atoms with E-state index in [0.717, 1.165) is 53.0 Å². The maximum absolute atomic E-state index is 12.3. The molecular weight excluding hydrogens is 523 g/mol. The summed E-state index contributed by atoms with van der Waals surface area (Å²) in [6.07, 6.45) is 8.99. The van der Waals surface area contributed by atoms with Crippen LogP contribution in [0.3, 0.4) is 0 Å². The van der Waals surface area contributed by atoms with Gasteiger partial charge in [-0.1, -0.05) is 24.3 Å². The molecule has 208 valence electrons. The van der Waals surface area contributed by atoms with Crippen LogP contribution in [-0.4, -0.2) is 62.8 Å². The summed E-state index contributed by atoms with van der Waals surface area (Å²) in [5, 5.41) is 3.00. The number of rotatable bonds is 7. The van der Waals surface area contributed by atoms with E-state index in [0.29, 0.717) is 17.3 Å². The van der Waals surface area contributed by atoms with Crippen molar-refractivity contribution in [3.8, 4) is 34.0 Å². The van der Waals surface area contributed by atoms with Crippen molar-refractivity contribution in [2.45, 2.75) is 6.42 Å². The number of aromatic nitrogens is 6. The number of alkyl halides is 1. The minimum Gasteiger partial charge on any atom is -0.497 e. The normalized spacial score (nSPS) is 12.5. The van der Waals surface area contributed by atoms with E-state index in [4.69, 9.17) is 9.47 Å². The fourth-order valence-corrected chi connectivity index (χ4v) is 4.46. The van der Waals surface area contributed by atoms with Crippen molar-refractivity contribution in [1.29, 1.82) is 0 Å². The van der Waals surface area contributed by atoms with Crippen LogP contribution in [-0.2, 0) is 0 Å². The average Bonchev–Trinajstić information content (AvgIpc) is 3.61. The summed E-state index contributed by atoms with van der Waals surface area (Å²) in [6, 6.07) is 19.0. The first-order valence-electron chi connectivity index (χ1n) is 13.2. The smallest absolute Gasteiger partial charge is 0.236 e. The zero-order chi connectivity index (χ0) is 28.2. The highest BCUT2D eigenvalue weighted by Crippen LogP contribution is 2.25. The van der Waals surface area contributed by atoms with Gasteiger partial charge in [-0.3, -0.25) is 8.80 Å². The number of nitrogens with zero attached hydrogens (tertiary/aromatic N) is 7. The molecule has 2 aromatic carbocycles. The summed E-state index contributed by atoms with van der Waals surface area (Å²) in [5.41, 5.74) is 3.55. The Hall–Kier alpha value is -5.19. The number of halogens is 1. The molecule has 0 bridgehead atoms. The number of anilines is 2. The van der Waals surface area contributed by atoms with E-state index >= 15 is 0 Å². The molecule has 0 atom stereocenters. The number of fused-ring (bicyclic) bond motifs is 2. The SMILES string of the molecule is CNc1ccn2cc(-c3cccc(OC)c3)nc2n1.FCOc1cccc(-c2cn3ccc(N4CCC4)nc3n2)c1. The molecule has 1 aliphatic heterocycles. The molecule has 0 amide bonds. The Balaban J connectivity index is 0.000000149. The summed E-state index contributed by atoms with van der Waals surface area (Å²) in [5.74, 6) is 4.41. The lowest BCUT2D eigenvalue weighted by Crippen LogP contribution is -2.37. The summed E-state index contributed by atoms with van der Waals surface area (Å²) in [6.45, 7) is 1.27. The molecule has 0 saturated carbocycles. The molecule has 7 rings (SSSR count). The molecule has 1 fully saturated rings. The molecule has 41 heavy (non-hydrogen) atoms. The Morgan fingerprint density at radius 2 is 1.44 bits per heavy atom. The van der Waals surface area contributed by atoms with Crippen molar-refractivity contribution >= 4 is 23.2 Å². The molecule has 0 aliphatic carbocycles. The van der Waals surface area contributed by atoms with E-state index in [2.05, 4.69) is 30.2 Å². The first-order chi connectivity index (χ1) is 20.1. The lowest BCUT2D eigenvalue weighted by atomic mass is 10.1. The molecule has 0 unspecified atom stereocenters. The summed E-state index contributed by atoms with van der Waals surface area (Å²) < 4.78 is 26.2. The van der Waals surface area contributed by atoms with Crippen LogP contribution in [0.15, 0.2) is 85.5 Å². The van der Waals surface area contributed by atoms with E-state index < -0.39 is 6.86 Å². The summed E-state index contributed by atoms with van der Waals surface area (Å²) >= 11 is 0. The topological polar surface area (TPSA) is 94.1 Å². The van der Waals surface area contributed by atoms with Gasteiger partial charge in [-0.05, 0) is 42.8 Å². The highest BCUT2D eigenvalue weighted by molar-refractivity contribution is 5.65. The molecule has 4 aromatic heterocycles. The van der Waals surface area contributed by atoms with Gasteiger partial charge in [0.2, 0.25) is 18.4 Å². The molecule has 11 heteroatoms. The van der Waals surface area contributed by atoms with Gasteiger partial charge in [0.15, 0.2) is 0 Å². The second-order valence-corrected chi connectivity index (χ2v) is 9.37. The third kappa shape index (κ3) is 5.60. The van der Waals surface area contributed by atoms with Gasteiger partial charge in [-0.2, -0.15) is 9.97 Å². The van der Waals surface area contributed by atoms with Crippen LogP contribution in [0, 0.1) is 0 Å². The Morgan fingerprint density at radius 1 is 0.805 bits per heavy atom. The van der Waals surface area contributed by atoms with Gasteiger partial charge < -0.3 is 19.7 Å². The van der Waals surface area contributed by atoms with Crippen LogP contribution in [0.1, 0.15) is 6.42 Å². The predicted molar refractivity (Wildman–Crippen MR) is 156 cm³/mol. The molecule has 6 aromatic rings. The van der Waals surface area contributed by atoms with Crippen molar-refractivity contribution in [1.82, 2.24) is 28.7 Å². The number of nitrogens with one attached hydrogen (secondary N) is 1. The molecule has 5 heterocycles. The quantitative estimate of drug-likeness (QED) is 0.283. The van der Waals surface area contributed by atoms with Gasteiger partial charge >= 0.3 is 0 Å².